The van der Waals surface area contributed by atoms with Gasteiger partial charge in [0, 0.05) is 25.2 Å². The van der Waals surface area contributed by atoms with Gasteiger partial charge in [-0.2, -0.15) is 0 Å². The van der Waals surface area contributed by atoms with Gasteiger partial charge in [-0.1, -0.05) is 30.3 Å². The number of carbonyl (C=O) groups excluding carboxylic acids is 2. The van der Waals surface area contributed by atoms with Crippen LogP contribution in [0, 0.1) is 6.92 Å². The van der Waals surface area contributed by atoms with Crippen molar-refractivity contribution in [2.75, 3.05) is 25.3 Å². The highest BCUT2D eigenvalue weighted by Gasteiger charge is 2.28. The number of sulfonamides is 1. The predicted molar refractivity (Wildman–Crippen MR) is 141 cm³/mol. The van der Waals surface area contributed by atoms with E-state index in [4.69, 9.17) is 14.2 Å². The molecule has 38 heavy (non-hydrogen) atoms. The number of nitrogens with one attached hydrogen (secondary N) is 2. The van der Waals surface area contributed by atoms with Crippen LogP contribution in [0.1, 0.15) is 18.1 Å². The Labute approximate surface area is 221 Å². The molecular weight excluding hydrogens is 510 g/mol. The summed E-state index contributed by atoms with van der Waals surface area (Å²) in [4.78, 5) is 27.8. The lowest BCUT2D eigenvalue weighted by Crippen LogP contribution is -2.52. The number of ether oxygens (including phenoxy) is 3. The van der Waals surface area contributed by atoms with Gasteiger partial charge in [0.1, 0.15) is 11.8 Å². The first-order chi connectivity index (χ1) is 18.2. The molecule has 3 aromatic rings. The highest BCUT2D eigenvalue weighted by Crippen LogP contribution is 2.35. The Hall–Kier alpha value is -4.25. The van der Waals surface area contributed by atoms with Gasteiger partial charge in [0.15, 0.2) is 11.5 Å². The SMILES string of the molecule is CCOc1ccc(CC(NC(=O)NS(=O)(=O)c2ccccc2C)C(=O)N(C)c2ccc3c(c2)OCO3)cc1. The van der Waals surface area contributed by atoms with Gasteiger partial charge in [-0.25, -0.2) is 17.9 Å². The molecule has 0 saturated heterocycles. The second-order valence-electron chi connectivity index (χ2n) is 8.61. The van der Waals surface area contributed by atoms with Crippen LogP contribution in [0.15, 0.2) is 71.6 Å². The van der Waals surface area contributed by atoms with Crippen LogP contribution in [0.3, 0.4) is 0 Å². The van der Waals surface area contributed by atoms with Crippen LogP contribution in [-0.2, 0) is 21.2 Å². The Balaban J connectivity index is 1.56. The first-order valence-electron chi connectivity index (χ1n) is 12.0. The van der Waals surface area contributed by atoms with Gasteiger partial charge in [0.25, 0.3) is 10.0 Å². The van der Waals surface area contributed by atoms with Crippen molar-refractivity contribution >= 4 is 27.6 Å². The molecule has 1 atom stereocenters. The number of fused-ring (bicyclic) bond motifs is 1. The number of likely N-dealkylation sites (N-methyl/N-ethyl adjacent to an activating group) is 1. The molecule has 0 spiro atoms. The fourth-order valence-corrected chi connectivity index (χ4v) is 5.16. The van der Waals surface area contributed by atoms with Crippen LogP contribution in [0.4, 0.5) is 10.5 Å². The monoisotopic (exact) mass is 539 g/mol. The van der Waals surface area contributed by atoms with Crippen molar-refractivity contribution in [3.8, 4) is 17.2 Å². The van der Waals surface area contributed by atoms with E-state index in [0.717, 1.165) is 5.56 Å². The summed E-state index contributed by atoms with van der Waals surface area (Å²) in [5, 5.41) is 2.55. The van der Waals surface area contributed by atoms with Crippen LogP contribution in [0.25, 0.3) is 0 Å². The molecular formula is C27H29N3O7S. The molecule has 3 aromatic carbocycles. The number of carbonyl (C=O) groups is 2. The molecule has 10 nitrogen and oxygen atoms in total. The van der Waals surface area contributed by atoms with Crippen LogP contribution in [0.2, 0.25) is 0 Å². The third kappa shape index (κ3) is 6.17. The van der Waals surface area contributed by atoms with Crippen LogP contribution >= 0.6 is 0 Å². The standard InChI is InChI=1S/C27H29N3O7S/c1-4-35-21-12-9-19(10-13-21)15-22(26(31)30(3)20-11-14-23-24(16-20)37-17-36-23)28-27(32)29-38(33,34)25-8-6-5-7-18(25)2/h5-14,16,22H,4,15,17H2,1-3H3,(H2,28,29,32). The number of benzene rings is 3. The maximum atomic E-state index is 13.6. The van der Waals surface area contributed by atoms with Crippen LogP contribution < -0.4 is 29.1 Å². The summed E-state index contributed by atoms with van der Waals surface area (Å²) >= 11 is 0. The van der Waals surface area contributed by atoms with E-state index in [1.54, 1.807) is 74.6 Å². The summed E-state index contributed by atoms with van der Waals surface area (Å²) in [5.74, 6) is 1.28. The van der Waals surface area contributed by atoms with Crippen molar-refractivity contribution in [3.63, 3.8) is 0 Å². The molecule has 0 aromatic heterocycles. The Kier molecular flexibility index (Phi) is 8.06. The number of aryl methyl sites for hydroxylation is 1. The van der Waals surface area contributed by atoms with Crippen molar-refractivity contribution in [2.45, 2.75) is 31.2 Å². The molecule has 1 aliphatic rings. The van der Waals surface area contributed by atoms with Crippen molar-refractivity contribution < 1.29 is 32.2 Å². The normalized spacial score (nSPS) is 12.9. The average Bonchev–Trinajstić information content (AvgIpc) is 3.36. The Morgan fingerprint density at radius 2 is 1.74 bits per heavy atom. The number of hydrogen-bond donors (Lipinski definition) is 2. The van der Waals surface area contributed by atoms with Crippen molar-refractivity contribution in [3.05, 3.63) is 77.9 Å². The highest BCUT2D eigenvalue weighted by molar-refractivity contribution is 7.90. The highest BCUT2D eigenvalue weighted by atomic mass is 32.2. The topological polar surface area (TPSA) is 123 Å². The average molecular weight is 540 g/mol. The van der Waals surface area contributed by atoms with Gasteiger partial charge in [-0.05, 0) is 55.3 Å². The van der Waals surface area contributed by atoms with E-state index in [9.17, 15) is 18.0 Å². The Morgan fingerprint density at radius 3 is 2.45 bits per heavy atom. The zero-order valence-corrected chi connectivity index (χ0v) is 22.1. The van der Waals surface area contributed by atoms with Gasteiger partial charge in [-0.3, -0.25) is 4.79 Å². The van der Waals surface area contributed by atoms with E-state index in [-0.39, 0.29) is 18.1 Å². The molecule has 1 aliphatic heterocycles. The summed E-state index contributed by atoms with van der Waals surface area (Å²) in [7, 11) is -2.60. The molecule has 0 radical (unpaired) electrons. The zero-order chi connectivity index (χ0) is 27.3. The second-order valence-corrected chi connectivity index (χ2v) is 10.3. The predicted octanol–water partition coefficient (Wildman–Crippen LogP) is 3.38. The fourth-order valence-electron chi connectivity index (χ4n) is 4.00. The molecule has 1 heterocycles. The number of urea groups is 1. The van der Waals surface area contributed by atoms with Crippen LogP contribution in [0.5, 0.6) is 17.2 Å². The molecule has 200 valence electrons. The summed E-state index contributed by atoms with van der Waals surface area (Å²) < 4.78 is 43.9. The zero-order valence-electron chi connectivity index (χ0n) is 21.3. The lowest BCUT2D eigenvalue weighted by atomic mass is 10.0. The molecule has 2 N–H and O–H groups in total. The summed E-state index contributed by atoms with van der Waals surface area (Å²) in [6, 6.07) is 16.4. The molecule has 0 saturated carbocycles. The molecule has 3 amide bonds. The van der Waals surface area contributed by atoms with E-state index < -0.39 is 28.0 Å². The Morgan fingerprint density at radius 1 is 1.03 bits per heavy atom. The molecule has 4 rings (SSSR count). The first kappa shape index (κ1) is 26.8. The minimum atomic E-state index is -4.16. The van der Waals surface area contributed by atoms with Crippen molar-refractivity contribution in [1.82, 2.24) is 10.0 Å². The lowest BCUT2D eigenvalue weighted by molar-refractivity contribution is -0.120. The number of hydrogen-bond acceptors (Lipinski definition) is 7. The minimum Gasteiger partial charge on any atom is -0.494 e. The fraction of sp³-hybridized carbons (Fsp3) is 0.259. The molecule has 0 bridgehead atoms. The number of nitrogens with zero attached hydrogens (tertiary/aromatic N) is 1. The maximum absolute atomic E-state index is 13.6. The third-order valence-electron chi connectivity index (χ3n) is 5.96. The molecule has 11 heteroatoms. The molecule has 0 aliphatic carbocycles. The van der Waals surface area contributed by atoms with Gasteiger partial charge < -0.3 is 24.4 Å². The lowest BCUT2D eigenvalue weighted by Gasteiger charge is -2.25. The van der Waals surface area contributed by atoms with Gasteiger partial charge >= 0.3 is 6.03 Å². The maximum Gasteiger partial charge on any atom is 0.329 e. The minimum absolute atomic E-state index is 0.0259. The van der Waals surface area contributed by atoms with E-state index in [1.807, 2.05) is 11.6 Å². The van der Waals surface area contributed by atoms with Gasteiger partial charge in [0.2, 0.25) is 12.7 Å². The van der Waals surface area contributed by atoms with Crippen molar-refractivity contribution in [2.24, 2.45) is 0 Å². The quantitative estimate of drug-likeness (QED) is 0.427. The number of anilines is 1. The summed E-state index contributed by atoms with van der Waals surface area (Å²) in [6.07, 6.45) is 0.109. The van der Waals surface area contributed by atoms with Crippen LogP contribution in [-0.4, -0.2) is 46.8 Å². The first-order valence-corrected chi connectivity index (χ1v) is 13.4. The largest absolute Gasteiger partial charge is 0.494 e. The van der Waals surface area contributed by atoms with E-state index in [1.165, 1.54) is 11.0 Å². The molecule has 1 unspecified atom stereocenters. The van der Waals surface area contributed by atoms with E-state index in [0.29, 0.717) is 35.1 Å². The van der Waals surface area contributed by atoms with E-state index in [2.05, 4.69) is 5.32 Å². The Bertz CT molecular complexity index is 1420. The van der Waals surface area contributed by atoms with E-state index >= 15 is 0 Å². The number of rotatable bonds is 9. The van der Waals surface area contributed by atoms with Gasteiger partial charge in [-0.15, -0.1) is 0 Å². The molecule has 0 fully saturated rings. The third-order valence-corrected chi connectivity index (χ3v) is 7.45. The summed E-state index contributed by atoms with van der Waals surface area (Å²) in [5.41, 5.74) is 1.75. The smallest absolute Gasteiger partial charge is 0.329 e. The number of amides is 3. The van der Waals surface area contributed by atoms with Crippen molar-refractivity contribution in [1.29, 1.82) is 0 Å². The summed E-state index contributed by atoms with van der Waals surface area (Å²) in [6.45, 7) is 4.11. The van der Waals surface area contributed by atoms with Gasteiger partial charge in [0.05, 0.1) is 11.5 Å². The second kappa shape index (κ2) is 11.4.